The number of alkyl carbamates (subject to hydrolysis) is 1. The molecule has 28 nitrogen and oxygen atoms in total. The van der Waals surface area contributed by atoms with Gasteiger partial charge in [0.1, 0.15) is 48.4 Å². The molecule has 12 rings (SSSR count). The summed E-state index contributed by atoms with van der Waals surface area (Å²) in [6, 6.07) is 4.41. The molecule has 10 amide bonds. The Morgan fingerprint density at radius 3 is 2.10 bits per heavy atom. The second-order valence-corrected chi connectivity index (χ2v) is 40.8. The van der Waals surface area contributed by atoms with Crippen LogP contribution in [0.3, 0.4) is 0 Å². The van der Waals surface area contributed by atoms with E-state index < -0.39 is 139 Å². The lowest BCUT2D eigenvalue weighted by Crippen LogP contribution is -2.61. The van der Waals surface area contributed by atoms with Crippen LogP contribution < -0.4 is 53.2 Å². The minimum absolute atomic E-state index is 0.0266. The molecule has 2 aromatic carbocycles. The highest BCUT2D eigenvalue weighted by molar-refractivity contribution is 8.76. The summed E-state index contributed by atoms with van der Waals surface area (Å²) >= 11 is 0. The summed E-state index contributed by atoms with van der Waals surface area (Å²) in [5.74, 6) is -3.86. The van der Waals surface area contributed by atoms with Crippen LogP contribution in [0.15, 0.2) is 108 Å². The number of carbonyl (C=O) groups excluding carboxylic acids is 11. The number of fused-ring (bicyclic) bond motifs is 6. The highest BCUT2D eigenvalue weighted by Crippen LogP contribution is 2.67. The first-order chi connectivity index (χ1) is 60.0. The van der Waals surface area contributed by atoms with Crippen LogP contribution >= 0.6 is 21.6 Å². The number of aliphatic hydroxyl groups is 3. The standard InChI is InChI=1S/C95H139N13O15S2/c1-57(2)23-19-24-58(3)69-39-40-70-68-38-36-65-35-37-66(50-95(65,7)71(68)41-42-94(69,70)6)123-93(122)96-43-18-17-32-73-84(113)105-83(60(5)111)90(119)104-79(88(117)102-77(54-109)59(4)110)56-125-124-55-78(87(116)100-75(47-61-25-11-9-12-26-61)85(114)99-74(82(112)52-98-73)49-64-51-97-72-31-16-15-30-67(64)72)103-86(115)76(48-62-27-13-10-14-28-62)101-89(118)80-33-21-45-107(80)92(121)81-34-22-46-108(81)91(120)63-29-20-44-106(8)53-63/h9-16,25-28,30-31,36,51,57-60,63,66-81,83,97-98,109-111H,17-24,29,32-35,37-50,52-56H2,1-8H3,(H,96,122)(H,99,114)(H,100,116)(H,101,118)(H,102,117)(H,103,115)(H,104,119)(H,105,113)/t58?,59?,60?,63?,66-,67?,68?,69?,70?,71?,72?,73?,74?,75?,76?,77?,78?,79?,80?,81?,83?,94?,95?/m1/s1. The molecule has 0 aromatic heterocycles. The molecular weight excluding hydrogens is 1630 g/mol. The monoisotopic (exact) mass is 1770 g/mol. The second kappa shape index (κ2) is 44.7. The third-order valence-electron chi connectivity index (χ3n) is 29.1. The number of benzene rings is 2. The van der Waals surface area contributed by atoms with E-state index in [0.717, 1.165) is 84.1 Å². The third kappa shape index (κ3) is 24.5. The summed E-state index contributed by atoms with van der Waals surface area (Å²) in [4.78, 5) is 169. The van der Waals surface area contributed by atoms with Gasteiger partial charge in [-0.2, -0.15) is 0 Å². The number of nitrogens with zero attached hydrogens (tertiary/aromatic N) is 3. The molecule has 3 saturated carbocycles. The van der Waals surface area contributed by atoms with Crippen LogP contribution in [0.5, 0.6) is 0 Å². The lowest BCUT2D eigenvalue weighted by atomic mass is 9.47. The number of rotatable bonds is 28. The van der Waals surface area contributed by atoms with E-state index in [1.54, 1.807) is 65.6 Å². The summed E-state index contributed by atoms with van der Waals surface area (Å²) in [6.45, 7) is 15.9. The zero-order valence-corrected chi connectivity index (χ0v) is 76.1. The van der Waals surface area contributed by atoms with Crippen molar-refractivity contribution < 1.29 is 72.8 Å². The van der Waals surface area contributed by atoms with Gasteiger partial charge in [0.05, 0.1) is 55.4 Å². The predicted octanol–water partition coefficient (Wildman–Crippen LogP) is 7.16. The van der Waals surface area contributed by atoms with Crippen molar-refractivity contribution in [2.75, 3.05) is 64.4 Å². The van der Waals surface area contributed by atoms with Crippen LogP contribution in [-0.4, -0.2) is 244 Å². The van der Waals surface area contributed by atoms with Crippen LogP contribution in [0.2, 0.25) is 0 Å². The van der Waals surface area contributed by atoms with E-state index in [9.17, 15) is 44.1 Å². The van der Waals surface area contributed by atoms with E-state index in [2.05, 4.69) is 98.8 Å². The summed E-state index contributed by atoms with van der Waals surface area (Å²) in [5, 5.41) is 61.6. The zero-order valence-electron chi connectivity index (χ0n) is 74.5. The zero-order chi connectivity index (χ0) is 89.2. The molecule has 22 unspecified atom stereocenters. The minimum atomic E-state index is -1.74. The van der Waals surface area contributed by atoms with E-state index >= 15 is 24.0 Å². The number of hydrogen-bond donors (Lipinski definition) is 13. The Balaban J connectivity index is 0.773. The van der Waals surface area contributed by atoms with Crippen molar-refractivity contribution in [2.45, 2.75) is 281 Å². The number of ether oxygens (including phenoxy) is 1. The molecule has 0 bridgehead atoms. The summed E-state index contributed by atoms with van der Waals surface area (Å²) in [6.07, 6.45) is 24.6. The number of Topliss-reactive ketones (excluding diaryl/α,β-unsaturated/α-hetero) is 1. The van der Waals surface area contributed by atoms with Gasteiger partial charge in [0, 0.05) is 56.4 Å². The maximum atomic E-state index is 15.6. The Kier molecular flexibility index (Phi) is 34.3. The number of likely N-dealkylation sites (tertiary alicyclic amines) is 3. The number of piperidine rings is 1. The maximum Gasteiger partial charge on any atom is 0.407 e. The van der Waals surface area contributed by atoms with E-state index in [1.165, 1.54) is 69.3 Å². The summed E-state index contributed by atoms with van der Waals surface area (Å²) in [7, 11) is 3.94. The highest BCUT2D eigenvalue weighted by Gasteiger charge is 2.60. The number of hydrogen-bond acceptors (Lipinski definition) is 20. The number of aliphatic hydroxyl groups excluding tert-OH is 3. The van der Waals surface area contributed by atoms with Crippen molar-refractivity contribution in [2.24, 2.45) is 58.2 Å². The van der Waals surface area contributed by atoms with Gasteiger partial charge in [-0.05, 0) is 212 Å². The molecule has 125 heavy (non-hydrogen) atoms. The van der Waals surface area contributed by atoms with Crippen LogP contribution in [-0.2, 0) is 65.5 Å². The lowest BCUT2D eigenvalue weighted by Gasteiger charge is -2.58. The second-order valence-electron chi connectivity index (χ2n) is 38.3. The van der Waals surface area contributed by atoms with Crippen LogP contribution in [0, 0.1) is 58.2 Å². The van der Waals surface area contributed by atoms with E-state index in [0.29, 0.717) is 79.0 Å². The van der Waals surface area contributed by atoms with Gasteiger partial charge in [-0.3, -0.25) is 53.3 Å². The molecule has 0 spiro atoms. The molecule has 0 radical (unpaired) electrons. The molecule has 30 heteroatoms. The molecule has 5 aliphatic carbocycles. The molecule has 686 valence electrons. The van der Waals surface area contributed by atoms with Crippen molar-refractivity contribution in [3.05, 3.63) is 120 Å². The number of nitrogens with one attached hydrogen (secondary N) is 10. The van der Waals surface area contributed by atoms with Gasteiger partial charge in [0.2, 0.25) is 53.2 Å². The van der Waals surface area contributed by atoms with Crippen LogP contribution in [0.25, 0.3) is 0 Å². The largest absolute Gasteiger partial charge is 0.446 e. The quantitative estimate of drug-likeness (QED) is 0.0228. The van der Waals surface area contributed by atoms with Gasteiger partial charge >= 0.3 is 6.09 Å². The highest BCUT2D eigenvalue weighted by atomic mass is 33.1. The fourth-order valence-corrected chi connectivity index (χ4v) is 24.5. The number of allylic oxidation sites excluding steroid dienone is 4. The topological polar surface area (TPSA) is 388 Å². The summed E-state index contributed by atoms with van der Waals surface area (Å²) < 4.78 is 6.30. The van der Waals surface area contributed by atoms with Gasteiger partial charge in [-0.15, -0.1) is 0 Å². The number of amides is 10. The minimum Gasteiger partial charge on any atom is -0.446 e. The Bertz CT molecular complexity index is 4210. The first-order valence-corrected chi connectivity index (χ1v) is 48.9. The maximum absolute atomic E-state index is 15.6. The molecule has 7 fully saturated rings. The van der Waals surface area contributed by atoms with Crippen molar-refractivity contribution in [3.8, 4) is 0 Å². The van der Waals surface area contributed by atoms with Crippen LogP contribution in [0.1, 0.15) is 194 Å². The van der Waals surface area contributed by atoms with E-state index in [-0.39, 0.29) is 104 Å². The van der Waals surface area contributed by atoms with Gasteiger partial charge in [0.15, 0.2) is 5.78 Å². The molecule has 2 aromatic rings. The molecule has 5 heterocycles. The molecule has 13 N–H and O–H groups in total. The fourth-order valence-electron chi connectivity index (χ4n) is 22.2. The average molecular weight is 1770 g/mol. The van der Waals surface area contributed by atoms with Crippen molar-refractivity contribution in [1.29, 1.82) is 0 Å². The SMILES string of the molecule is CC(C)CCCC(C)C1CCC2C3CC=C4CC[C@@H](OC(=O)NCCCCC5NCC(=O)C(CC6=CNC7C=CC=CC67)NC(=O)C(Cc6ccccc6)NC(=O)C(NC(=O)C(Cc6ccccc6)NC(=O)C6CCCN6C(=O)C6CCCN6C(=O)C6CCCN(C)C6)CSSCC(C(=O)NC(CO)C(C)O)NC(=O)C(C(C)O)NC5=O)CC4(C)C3CCC12C. The number of carbonyl (C=O) groups is 11. The summed E-state index contributed by atoms with van der Waals surface area (Å²) in [5.41, 5.74) is 3.79. The first-order valence-electron chi connectivity index (χ1n) is 46.4. The van der Waals surface area contributed by atoms with Crippen molar-refractivity contribution >= 4 is 86.6 Å². The molecule has 23 atom stereocenters. The Morgan fingerprint density at radius 2 is 1.38 bits per heavy atom. The predicted molar refractivity (Wildman–Crippen MR) is 482 cm³/mol. The van der Waals surface area contributed by atoms with E-state index in [1.807, 2.05) is 37.6 Å². The Labute approximate surface area is 746 Å². The van der Waals surface area contributed by atoms with Gasteiger partial charge in [0.25, 0.3) is 0 Å². The normalized spacial score (nSPS) is 31.9. The van der Waals surface area contributed by atoms with Gasteiger partial charge in [-0.25, -0.2) is 4.79 Å². The van der Waals surface area contributed by atoms with Crippen LogP contribution in [0.4, 0.5) is 4.79 Å². The fraction of sp³-hybridized carbons (Fsp3) is 0.674. The third-order valence-corrected chi connectivity index (χ3v) is 31.6. The van der Waals surface area contributed by atoms with Crippen molar-refractivity contribution in [3.63, 3.8) is 0 Å². The first kappa shape index (κ1) is 96.0. The Hall–Kier alpha value is -8.13. The molecule has 4 saturated heterocycles. The smallest absolute Gasteiger partial charge is 0.407 e. The van der Waals surface area contributed by atoms with Gasteiger partial charge in [-0.1, -0.05) is 172 Å². The molecular formula is C95H139N13O15S2. The van der Waals surface area contributed by atoms with Crippen molar-refractivity contribution in [1.82, 2.24) is 67.9 Å². The Morgan fingerprint density at radius 1 is 0.680 bits per heavy atom. The van der Waals surface area contributed by atoms with E-state index in [4.69, 9.17) is 4.74 Å². The molecule has 5 aliphatic heterocycles. The van der Waals surface area contributed by atoms with Gasteiger partial charge < -0.3 is 82.6 Å². The average Bonchev–Trinajstić information content (AvgIpc) is 1.65. The number of ketones is 1. The lowest BCUT2D eigenvalue weighted by molar-refractivity contribution is -0.149. The number of unbranched alkanes of at least 4 members (excludes halogenated alkanes) is 1. The molecule has 10 aliphatic rings.